The molecule has 1 N–H and O–H groups in total. The number of amides is 1. The fourth-order valence-electron chi connectivity index (χ4n) is 3.77. The molecule has 1 aromatic heterocycles. The van der Waals surface area contributed by atoms with E-state index < -0.39 is 5.82 Å². The van der Waals surface area contributed by atoms with Crippen molar-refractivity contribution in [1.29, 1.82) is 0 Å². The first kappa shape index (κ1) is 17.1. The van der Waals surface area contributed by atoms with Gasteiger partial charge >= 0.3 is 0 Å². The Morgan fingerprint density at radius 1 is 1.31 bits per heavy atom. The highest BCUT2D eigenvalue weighted by atomic mass is 19.1. The van der Waals surface area contributed by atoms with E-state index in [2.05, 4.69) is 10.2 Å². The van der Waals surface area contributed by atoms with E-state index in [1.807, 2.05) is 24.9 Å². The summed E-state index contributed by atoms with van der Waals surface area (Å²) in [7, 11) is 0. The van der Waals surface area contributed by atoms with E-state index >= 15 is 0 Å². The van der Waals surface area contributed by atoms with Crippen LogP contribution in [0.1, 0.15) is 54.7 Å². The molecule has 1 fully saturated rings. The van der Waals surface area contributed by atoms with Crippen LogP contribution in [-0.2, 0) is 12.8 Å². The quantitative estimate of drug-likeness (QED) is 0.891. The third kappa shape index (κ3) is 3.32. The molecule has 0 bridgehead atoms. The van der Waals surface area contributed by atoms with Crippen molar-refractivity contribution in [3.63, 3.8) is 0 Å². The van der Waals surface area contributed by atoms with E-state index in [4.69, 9.17) is 4.74 Å². The number of nitrogens with one attached hydrogen (secondary N) is 1. The van der Waals surface area contributed by atoms with Gasteiger partial charge < -0.3 is 9.64 Å². The molecule has 2 aliphatic rings. The second-order valence-electron chi connectivity index (χ2n) is 7.52. The molecular weight excluding hydrogens is 333 g/mol. The molecule has 0 spiro atoms. The van der Waals surface area contributed by atoms with Gasteiger partial charge in [0, 0.05) is 23.8 Å². The topological polar surface area (TPSA) is 58.2 Å². The molecule has 1 aromatic carbocycles. The Kier molecular flexibility index (Phi) is 4.42. The molecule has 2 aromatic rings. The van der Waals surface area contributed by atoms with Crippen LogP contribution < -0.4 is 4.74 Å². The number of aromatic amines is 1. The van der Waals surface area contributed by atoms with Gasteiger partial charge in [-0.1, -0.05) is 0 Å². The third-order valence-electron chi connectivity index (χ3n) is 5.10. The maximum atomic E-state index is 14.6. The number of ether oxygens (including phenoxy) is 1. The van der Waals surface area contributed by atoms with E-state index in [0.717, 1.165) is 37.8 Å². The molecule has 6 heteroatoms. The number of halogens is 1. The van der Waals surface area contributed by atoms with Crippen molar-refractivity contribution < 1.29 is 13.9 Å². The first-order valence-corrected chi connectivity index (χ1v) is 9.33. The smallest absolute Gasteiger partial charge is 0.257 e. The minimum absolute atomic E-state index is 0.0368. The summed E-state index contributed by atoms with van der Waals surface area (Å²) >= 11 is 0. The number of carbonyl (C=O) groups is 1. The molecule has 1 atom stereocenters. The summed E-state index contributed by atoms with van der Waals surface area (Å²) in [5, 5.41) is 7.13. The number of H-pyrrole nitrogens is 1. The van der Waals surface area contributed by atoms with Crippen molar-refractivity contribution in [2.75, 3.05) is 0 Å². The fraction of sp³-hybridized carbons (Fsp3) is 0.500. The Morgan fingerprint density at radius 3 is 2.81 bits per heavy atom. The van der Waals surface area contributed by atoms with Crippen molar-refractivity contribution in [3.05, 3.63) is 47.0 Å². The second-order valence-corrected chi connectivity index (χ2v) is 7.52. The van der Waals surface area contributed by atoms with Gasteiger partial charge in [-0.15, -0.1) is 0 Å². The average Bonchev–Trinajstić information content (AvgIpc) is 3.30. The van der Waals surface area contributed by atoms with Crippen LogP contribution in [0.2, 0.25) is 0 Å². The Balaban J connectivity index is 1.57. The zero-order chi connectivity index (χ0) is 18.3. The molecule has 2 aliphatic carbocycles. The number of aryl methyl sites for hydroxylation is 1. The Morgan fingerprint density at radius 2 is 2.12 bits per heavy atom. The number of carbonyl (C=O) groups excluding carboxylic acids is 1. The molecular formula is C20H24FN3O2. The van der Waals surface area contributed by atoms with E-state index in [-0.39, 0.29) is 29.7 Å². The number of nitrogens with zero attached hydrogens (tertiary/aromatic N) is 2. The minimum Gasteiger partial charge on any atom is -0.491 e. The number of hydrogen-bond acceptors (Lipinski definition) is 3. The largest absolute Gasteiger partial charge is 0.491 e. The third-order valence-corrected chi connectivity index (χ3v) is 5.10. The second kappa shape index (κ2) is 6.74. The minimum atomic E-state index is -0.515. The van der Waals surface area contributed by atoms with E-state index in [9.17, 15) is 9.18 Å². The first-order valence-electron chi connectivity index (χ1n) is 9.33. The first-order chi connectivity index (χ1) is 12.5. The maximum Gasteiger partial charge on any atom is 0.257 e. The predicted octanol–water partition coefficient (Wildman–Crippen LogP) is 3.50. The summed E-state index contributed by atoms with van der Waals surface area (Å²) in [6.45, 7) is 3.78. The zero-order valence-corrected chi connectivity index (χ0v) is 15.2. The van der Waals surface area contributed by atoms with Crippen LogP contribution in [0.3, 0.4) is 0 Å². The van der Waals surface area contributed by atoms with Gasteiger partial charge in [-0.3, -0.25) is 9.89 Å². The molecule has 0 radical (unpaired) electrons. The van der Waals surface area contributed by atoms with Crippen molar-refractivity contribution in [2.45, 2.75) is 64.1 Å². The molecule has 1 amide bonds. The number of fused-ring (bicyclic) bond motifs is 1. The van der Waals surface area contributed by atoms with Gasteiger partial charge in [0.25, 0.3) is 5.91 Å². The molecule has 0 saturated heterocycles. The van der Waals surface area contributed by atoms with Crippen LogP contribution in [0, 0.1) is 5.82 Å². The molecule has 4 rings (SSSR count). The lowest BCUT2D eigenvalue weighted by Gasteiger charge is -2.34. The average molecular weight is 357 g/mol. The van der Waals surface area contributed by atoms with Crippen LogP contribution >= 0.6 is 0 Å². The van der Waals surface area contributed by atoms with Crippen LogP contribution in [0.15, 0.2) is 24.4 Å². The summed E-state index contributed by atoms with van der Waals surface area (Å²) in [6, 6.07) is 4.87. The van der Waals surface area contributed by atoms with Gasteiger partial charge in [0.2, 0.25) is 0 Å². The van der Waals surface area contributed by atoms with Crippen LogP contribution in [0.25, 0.3) is 0 Å². The van der Waals surface area contributed by atoms with Gasteiger partial charge in [0.05, 0.1) is 17.9 Å². The van der Waals surface area contributed by atoms with Crippen molar-refractivity contribution in [1.82, 2.24) is 15.1 Å². The lowest BCUT2D eigenvalue weighted by molar-refractivity contribution is 0.0638. The Hall–Kier alpha value is -2.37. The van der Waals surface area contributed by atoms with Crippen LogP contribution in [0.5, 0.6) is 5.75 Å². The summed E-state index contributed by atoms with van der Waals surface area (Å²) in [5.74, 6) is -0.274. The standard InChI is InChI=1S/C20H24FN3O2/c1-12(2)26-16-6-7-17(18(21)10-16)20(25)24(14-3-4-14)15-5-8-19-13(9-15)11-22-23-19/h6-7,10-12,14-15H,3-5,8-9H2,1-2H3,(H,22,23). The zero-order valence-electron chi connectivity index (χ0n) is 15.2. The maximum absolute atomic E-state index is 14.6. The molecule has 5 nitrogen and oxygen atoms in total. The molecule has 1 saturated carbocycles. The van der Waals surface area contributed by atoms with Gasteiger partial charge in [-0.2, -0.15) is 5.10 Å². The van der Waals surface area contributed by atoms with Crippen LogP contribution in [-0.4, -0.2) is 39.2 Å². The lowest BCUT2D eigenvalue weighted by atomic mass is 9.91. The van der Waals surface area contributed by atoms with Crippen molar-refractivity contribution >= 4 is 5.91 Å². The highest BCUT2D eigenvalue weighted by Crippen LogP contribution is 2.35. The number of benzene rings is 1. The summed E-state index contributed by atoms with van der Waals surface area (Å²) in [4.78, 5) is 15.1. The van der Waals surface area contributed by atoms with Crippen molar-refractivity contribution in [2.24, 2.45) is 0 Å². The van der Waals surface area contributed by atoms with Crippen LogP contribution in [0.4, 0.5) is 4.39 Å². The normalized spacial score (nSPS) is 19.3. The molecule has 1 heterocycles. The Labute approximate surface area is 152 Å². The predicted molar refractivity (Wildman–Crippen MR) is 95.8 cm³/mol. The van der Waals surface area contributed by atoms with E-state index in [1.165, 1.54) is 11.6 Å². The summed E-state index contributed by atoms with van der Waals surface area (Å²) in [6.07, 6.45) is 6.34. The highest BCUT2D eigenvalue weighted by molar-refractivity contribution is 5.95. The Bertz CT molecular complexity index is 813. The van der Waals surface area contributed by atoms with Gasteiger partial charge in [-0.25, -0.2) is 4.39 Å². The van der Waals surface area contributed by atoms with Crippen molar-refractivity contribution in [3.8, 4) is 5.75 Å². The van der Waals surface area contributed by atoms with E-state index in [0.29, 0.717) is 5.75 Å². The van der Waals surface area contributed by atoms with Gasteiger partial charge in [-0.05, 0) is 63.6 Å². The lowest BCUT2D eigenvalue weighted by Crippen LogP contribution is -2.45. The SMILES string of the molecule is CC(C)Oc1ccc(C(=O)N(C2CC2)C2CCc3[nH]ncc3C2)c(F)c1. The molecule has 0 aliphatic heterocycles. The fourth-order valence-corrected chi connectivity index (χ4v) is 3.77. The number of rotatable bonds is 5. The van der Waals surface area contributed by atoms with Gasteiger partial charge in [0.1, 0.15) is 11.6 Å². The summed E-state index contributed by atoms with van der Waals surface area (Å²) in [5.41, 5.74) is 2.46. The van der Waals surface area contributed by atoms with Gasteiger partial charge in [0.15, 0.2) is 0 Å². The highest BCUT2D eigenvalue weighted by Gasteiger charge is 2.39. The number of aromatic nitrogens is 2. The molecule has 1 unspecified atom stereocenters. The molecule has 26 heavy (non-hydrogen) atoms. The summed E-state index contributed by atoms with van der Waals surface area (Å²) < 4.78 is 20.1. The molecule has 138 valence electrons. The number of hydrogen-bond donors (Lipinski definition) is 1. The monoisotopic (exact) mass is 357 g/mol. The van der Waals surface area contributed by atoms with E-state index in [1.54, 1.807) is 12.1 Å².